The molecule has 31 heavy (non-hydrogen) atoms. The Bertz CT molecular complexity index is 1100. The van der Waals surface area contributed by atoms with Gasteiger partial charge in [0.05, 0.1) is 0 Å². The largest absolute Gasteiger partial charge is 0.436 e. The van der Waals surface area contributed by atoms with Gasteiger partial charge in [-0.25, -0.2) is 14.4 Å². The zero-order valence-electron chi connectivity index (χ0n) is 17.9. The summed E-state index contributed by atoms with van der Waals surface area (Å²) in [7, 11) is 0. The van der Waals surface area contributed by atoms with E-state index in [0.29, 0.717) is 25.5 Å². The number of piperazine rings is 1. The van der Waals surface area contributed by atoms with E-state index in [1.54, 1.807) is 18.2 Å². The number of rotatable bonds is 4. The number of carbonyl (C=O) groups excluding carboxylic acids is 1. The normalized spacial score (nSPS) is 16.3. The Morgan fingerprint density at radius 3 is 2.68 bits per heavy atom. The Morgan fingerprint density at radius 1 is 1.10 bits per heavy atom. The minimum absolute atomic E-state index is 0.00871. The first-order chi connectivity index (χ1) is 14.9. The summed E-state index contributed by atoms with van der Waals surface area (Å²) in [5.74, 6) is 0.703. The van der Waals surface area contributed by atoms with E-state index in [1.807, 2.05) is 49.9 Å². The number of amides is 1. The highest BCUT2D eigenvalue weighted by Crippen LogP contribution is 2.27. The molecule has 0 unspecified atom stereocenters. The highest BCUT2D eigenvalue weighted by Gasteiger charge is 2.29. The van der Waals surface area contributed by atoms with Gasteiger partial charge >= 0.3 is 0 Å². The molecule has 7 heteroatoms. The third kappa shape index (κ3) is 4.50. The molecule has 1 aromatic heterocycles. The van der Waals surface area contributed by atoms with Gasteiger partial charge in [-0.3, -0.25) is 4.79 Å². The molecule has 0 spiro atoms. The second-order valence-electron chi connectivity index (χ2n) is 7.86. The van der Waals surface area contributed by atoms with E-state index in [2.05, 4.69) is 14.9 Å². The van der Waals surface area contributed by atoms with Gasteiger partial charge in [-0.05, 0) is 50.1 Å². The van der Waals surface area contributed by atoms with Gasteiger partial charge in [-0.15, -0.1) is 0 Å². The first-order valence-electron chi connectivity index (χ1n) is 10.3. The van der Waals surface area contributed by atoms with Crippen molar-refractivity contribution in [3.8, 4) is 11.6 Å². The molecule has 0 radical (unpaired) electrons. The molecule has 1 atom stereocenters. The molecule has 160 valence electrons. The number of ether oxygens (including phenoxy) is 1. The molecule has 0 N–H and O–H groups in total. The van der Waals surface area contributed by atoms with Crippen LogP contribution >= 0.6 is 0 Å². The molecular formula is C24H25FN4O2. The highest BCUT2D eigenvalue weighted by molar-refractivity contribution is 5.96. The van der Waals surface area contributed by atoms with Crippen molar-refractivity contribution in [2.75, 3.05) is 24.5 Å². The van der Waals surface area contributed by atoms with E-state index in [9.17, 15) is 9.18 Å². The number of benzene rings is 2. The molecule has 0 bridgehead atoms. The number of halogens is 1. The summed E-state index contributed by atoms with van der Waals surface area (Å²) in [6.07, 6.45) is 1.41. The summed E-state index contributed by atoms with van der Waals surface area (Å²) in [5.41, 5.74) is 2.61. The molecule has 2 aromatic carbocycles. The maximum absolute atomic E-state index is 14.0. The number of nitrogens with zero attached hydrogens (tertiary/aromatic N) is 4. The molecule has 1 amide bonds. The van der Waals surface area contributed by atoms with E-state index < -0.39 is 5.82 Å². The first-order valence-corrected chi connectivity index (χ1v) is 10.3. The number of hydrogen-bond donors (Lipinski definition) is 0. The molecule has 3 aromatic rings. The maximum atomic E-state index is 14.0. The third-order valence-electron chi connectivity index (χ3n) is 5.52. The molecule has 2 heterocycles. The summed E-state index contributed by atoms with van der Waals surface area (Å²) in [5, 5.41) is 0. The van der Waals surface area contributed by atoms with Gasteiger partial charge in [0.15, 0.2) is 11.6 Å². The summed E-state index contributed by atoms with van der Waals surface area (Å²) < 4.78 is 19.7. The van der Waals surface area contributed by atoms with Gasteiger partial charge in [0.2, 0.25) is 5.88 Å². The monoisotopic (exact) mass is 420 g/mol. The molecule has 6 nitrogen and oxygen atoms in total. The van der Waals surface area contributed by atoms with Crippen molar-refractivity contribution >= 4 is 11.7 Å². The predicted molar refractivity (Wildman–Crippen MR) is 117 cm³/mol. The summed E-state index contributed by atoms with van der Waals surface area (Å²) in [6.45, 7) is 7.71. The highest BCUT2D eigenvalue weighted by atomic mass is 19.1. The second-order valence-corrected chi connectivity index (χ2v) is 7.86. The number of aryl methyl sites for hydroxylation is 2. The van der Waals surface area contributed by atoms with Crippen LogP contribution in [0.3, 0.4) is 0 Å². The van der Waals surface area contributed by atoms with Crippen molar-refractivity contribution in [2.45, 2.75) is 26.8 Å². The minimum atomic E-state index is -0.442. The lowest BCUT2D eigenvalue weighted by molar-refractivity contribution is 0.0673. The molecule has 0 aliphatic carbocycles. The van der Waals surface area contributed by atoms with Crippen LogP contribution in [0.25, 0.3) is 0 Å². The zero-order valence-corrected chi connectivity index (χ0v) is 17.9. The Kier molecular flexibility index (Phi) is 5.84. The lowest BCUT2D eigenvalue weighted by Crippen LogP contribution is -2.54. The molecule has 1 fully saturated rings. The number of aromatic nitrogens is 2. The van der Waals surface area contributed by atoms with Gasteiger partial charge in [-0.1, -0.05) is 24.3 Å². The van der Waals surface area contributed by atoms with Crippen LogP contribution in [0.4, 0.5) is 10.2 Å². The summed E-state index contributed by atoms with van der Waals surface area (Å²) in [6, 6.07) is 14.1. The van der Waals surface area contributed by atoms with Crippen LogP contribution < -0.4 is 9.64 Å². The number of hydrogen-bond acceptors (Lipinski definition) is 5. The molecule has 1 saturated heterocycles. The second kappa shape index (κ2) is 8.71. The van der Waals surface area contributed by atoms with Crippen LogP contribution in [0.15, 0.2) is 54.9 Å². The van der Waals surface area contributed by atoms with E-state index in [1.165, 1.54) is 12.4 Å². The molecule has 1 aliphatic heterocycles. The van der Waals surface area contributed by atoms with Crippen molar-refractivity contribution in [1.29, 1.82) is 0 Å². The fourth-order valence-corrected chi connectivity index (χ4v) is 3.80. The van der Waals surface area contributed by atoms with Crippen molar-refractivity contribution in [2.24, 2.45) is 0 Å². The van der Waals surface area contributed by atoms with Crippen LogP contribution in [0.1, 0.15) is 28.4 Å². The van der Waals surface area contributed by atoms with Crippen LogP contribution in [0.5, 0.6) is 11.6 Å². The fourth-order valence-electron chi connectivity index (χ4n) is 3.80. The topological polar surface area (TPSA) is 58.6 Å². The maximum Gasteiger partial charge on any atom is 0.254 e. The Balaban J connectivity index is 1.47. The predicted octanol–water partition coefficient (Wildman–Crippen LogP) is 4.38. The average Bonchev–Trinajstić information content (AvgIpc) is 2.76. The fraction of sp³-hybridized carbons (Fsp3) is 0.292. The standard InChI is InChI=1S/C24H25FN4O2/c1-16-8-9-20(25)21(12-16)31-23-13-22(26-15-27-23)28-10-11-29(18(3)14-28)24(30)19-7-5-4-6-17(19)2/h4-9,12-13,15,18H,10-11,14H2,1-3H3/t18-/m0/s1. The van der Waals surface area contributed by atoms with Gasteiger partial charge in [0, 0.05) is 37.3 Å². The smallest absolute Gasteiger partial charge is 0.254 e. The molecule has 4 rings (SSSR count). The van der Waals surface area contributed by atoms with Crippen LogP contribution in [-0.2, 0) is 0 Å². The Labute approximate surface area is 181 Å². The minimum Gasteiger partial charge on any atom is -0.436 e. The van der Waals surface area contributed by atoms with Gasteiger partial charge in [0.1, 0.15) is 12.1 Å². The quantitative estimate of drug-likeness (QED) is 0.627. The Morgan fingerprint density at radius 2 is 1.90 bits per heavy atom. The van der Waals surface area contributed by atoms with Gasteiger partial charge < -0.3 is 14.5 Å². The Hall–Kier alpha value is -3.48. The van der Waals surface area contributed by atoms with Crippen LogP contribution in [-0.4, -0.2) is 46.5 Å². The van der Waals surface area contributed by atoms with Crippen molar-refractivity contribution < 1.29 is 13.9 Å². The van der Waals surface area contributed by atoms with Crippen LogP contribution in [0.2, 0.25) is 0 Å². The van der Waals surface area contributed by atoms with E-state index in [0.717, 1.165) is 16.7 Å². The lowest BCUT2D eigenvalue weighted by atomic mass is 10.1. The SMILES string of the molecule is Cc1ccc(F)c(Oc2cc(N3CCN(C(=O)c4ccccc4C)[C@@H](C)C3)ncn2)c1. The van der Waals surface area contributed by atoms with Crippen molar-refractivity contribution in [1.82, 2.24) is 14.9 Å². The lowest BCUT2D eigenvalue weighted by Gasteiger charge is -2.40. The summed E-state index contributed by atoms with van der Waals surface area (Å²) >= 11 is 0. The number of carbonyl (C=O) groups is 1. The number of anilines is 1. The molecule has 1 aliphatic rings. The van der Waals surface area contributed by atoms with Gasteiger partial charge in [-0.2, -0.15) is 0 Å². The van der Waals surface area contributed by atoms with Crippen molar-refractivity contribution in [3.05, 3.63) is 77.4 Å². The van der Waals surface area contributed by atoms with Crippen LogP contribution in [0, 0.1) is 19.7 Å². The van der Waals surface area contributed by atoms with Gasteiger partial charge in [0.25, 0.3) is 5.91 Å². The van der Waals surface area contributed by atoms with E-state index in [-0.39, 0.29) is 23.6 Å². The summed E-state index contributed by atoms with van der Waals surface area (Å²) in [4.78, 5) is 25.5. The van der Waals surface area contributed by atoms with E-state index in [4.69, 9.17) is 4.74 Å². The molecular weight excluding hydrogens is 395 g/mol. The average molecular weight is 420 g/mol. The van der Waals surface area contributed by atoms with E-state index >= 15 is 0 Å². The van der Waals surface area contributed by atoms with Crippen molar-refractivity contribution in [3.63, 3.8) is 0 Å². The third-order valence-corrected chi connectivity index (χ3v) is 5.52. The zero-order chi connectivity index (χ0) is 22.0. The first kappa shape index (κ1) is 20.8. The molecule has 0 saturated carbocycles.